The quantitative estimate of drug-likeness (QED) is 0.804. The van der Waals surface area contributed by atoms with E-state index in [2.05, 4.69) is 0 Å². The summed E-state index contributed by atoms with van der Waals surface area (Å²) < 4.78 is 31.9. The molecule has 0 spiro atoms. The van der Waals surface area contributed by atoms with Crippen LogP contribution in [0, 0.1) is 0 Å². The zero-order valence-electron chi connectivity index (χ0n) is 10.0. The molecule has 1 aliphatic heterocycles. The number of benzene rings is 1. The van der Waals surface area contributed by atoms with Crippen molar-refractivity contribution in [2.24, 2.45) is 0 Å². The number of rotatable bonds is 2. The van der Waals surface area contributed by atoms with Crippen LogP contribution in [0.1, 0.15) is 13.8 Å². The number of hydrogen-bond acceptors (Lipinski definition) is 3. The van der Waals surface area contributed by atoms with Gasteiger partial charge in [0.15, 0.2) is 0 Å². The molecule has 0 unspecified atom stereocenters. The van der Waals surface area contributed by atoms with Gasteiger partial charge in [-0.2, -0.15) is 4.31 Å². The lowest BCUT2D eigenvalue weighted by atomic mass is 10.2. The third kappa shape index (κ3) is 2.36. The number of morpholine rings is 1. The van der Waals surface area contributed by atoms with Gasteiger partial charge in [0.2, 0.25) is 10.0 Å². The molecule has 1 fully saturated rings. The fraction of sp³-hybridized carbons (Fsp3) is 0.500. The highest BCUT2D eigenvalue weighted by atomic mass is 32.2. The van der Waals surface area contributed by atoms with Gasteiger partial charge in [0.1, 0.15) is 0 Å². The molecule has 0 amide bonds. The van der Waals surface area contributed by atoms with Crippen LogP contribution in [0.3, 0.4) is 0 Å². The Labute approximate surface area is 102 Å². The van der Waals surface area contributed by atoms with Gasteiger partial charge in [0.05, 0.1) is 18.1 Å². The first-order valence-corrected chi connectivity index (χ1v) is 7.14. The van der Waals surface area contributed by atoms with Crippen molar-refractivity contribution >= 4 is 10.0 Å². The van der Waals surface area contributed by atoms with Gasteiger partial charge in [-0.15, -0.1) is 0 Å². The van der Waals surface area contributed by atoms with E-state index < -0.39 is 10.0 Å². The van der Waals surface area contributed by atoms with Crippen LogP contribution in [0.5, 0.6) is 0 Å². The molecule has 17 heavy (non-hydrogen) atoms. The average molecular weight is 255 g/mol. The molecule has 0 N–H and O–H groups in total. The Hall–Kier alpha value is -0.910. The second kappa shape index (κ2) is 4.76. The summed E-state index contributed by atoms with van der Waals surface area (Å²) in [5.74, 6) is 0. The van der Waals surface area contributed by atoms with Gasteiger partial charge in [-0.25, -0.2) is 8.42 Å². The summed E-state index contributed by atoms with van der Waals surface area (Å²) in [6.45, 7) is 4.65. The van der Waals surface area contributed by atoms with Crippen molar-refractivity contribution in [2.75, 3.05) is 13.2 Å². The van der Waals surface area contributed by atoms with Crippen molar-refractivity contribution in [1.82, 2.24) is 4.31 Å². The van der Waals surface area contributed by atoms with Crippen molar-refractivity contribution in [3.05, 3.63) is 30.3 Å². The first-order valence-electron chi connectivity index (χ1n) is 5.70. The normalized spacial score (nSPS) is 26.9. The first-order chi connectivity index (χ1) is 8.03. The molecule has 0 aliphatic carbocycles. The molecule has 0 radical (unpaired) electrons. The summed E-state index contributed by atoms with van der Waals surface area (Å²) in [4.78, 5) is 0.348. The van der Waals surface area contributed by atoms with Gasteiger partial charge >= 0.3 is 0 Å². The second-order valence-corrected chi connectivity index (χ2v) is 6.23. The molecule has 5 heteroatoms. The van der Waals surface area contributed by atoms with Crippen LogP contribution in [0.2, 0.25) is 0 Å². The molecule has 0 aromatic heterocycles. The highest BCUT2D eigenvalue weighted by molar-refractivity contribution is 7.89. The third-order valence-electron chi connectivity index (χ3n) is 2.91. The fourth-order valence-corrected chi connectivity index (χ4v) is 3.99. The predicted octanol–water partition coefficient (Wildman–Crippen LogP) is 1.48. The van der Waals surface area contributed by atoms with E-state index in [9.17, 15) is 8.42 Å². The highest BCUT2D eigenvalue weighted by Crippen LogP contribution is 2.23. The van der Waals surface area contributed by atoms with E-state index in [1.54, 1.807) is 28.6 Å². The Morgan fingerprint density at radius 3 is 2.18 bits per heavy atom. The molecular formula is C12H17NO3S. The van der Waals surface area contributed by atoms with E-state index in [-0.39, 0.29) is 12.1 Å². The molecule has 1 aromatic carbocycles. The smallest absolute Gasteiger partial charge is 0.243 e. The van der Waals surface area contributed by atoms with Crippen molar-refractivity contribution in [3.63, 3.8) is 0 Å². The number of hydrogen-bond donors (Lipinski definition) is 0. The van der Waals surface area contributed by atoms with Gasteiger partial charge in [0.25, 0.3) is 0 Å². The third-order valence-corrected chi connectivity index (χ3v) is 5.05. The van der Waals surface area contributed by atoms with Crippen molar-refractivity contribution in [1.29, 1.82) is 0 Å². The van der Waals surface area contributed by atoms with Crippen LogP contribution in [-0.2, 0) is 14.8 Å². The summed E-state index contributed by atoms with van der Waals surface area (Å²) >= 11 is 0. The van der Waals surface area contributed by atoms with Gasteiger partial charge in [-0.1, -0.05) is 18.2 Å². The number of ether oxygens (including phenoxy) is 1. The van der Waals surface area contributed by atoms with E-state index in [0.29, 0.717) is 18.1 Å². The maximum Gasteiger partial charge on any atom is 0.243 e. The summed E-state index contributed by atoms with van der Waals surface area (Å²) in [5, 5.41) is 0. The van der Waals surface area contributed by atoms with E-state index in [0.717, 1.165) is 0 Å². The predicted molar refractivity (Wildman–Crippen MR) is 65.2 cm³/mol. The molecule has 0 saturated carbocycles. The largest absolute Gasteiger partial charge is 0.378 e. The molecule has 2 rings (SSSR count). The minimum absolute atomic E-state index is 0.121. The van der Waals surface area contributed by atoms with E-state index in [4.69, 9.17) is 4.74 Å². The minimum atomic E-state index is -3.41. The Kier molecular flexibility index (Phi) is 3.51. The standard InChI is InChI=1S/C12H17NO3S/c1-10-8-16-9-11(2)13(10)17(14,15)12-6-4-3-5-7-12/h3-7,10-11H,8-9H2,1-2H3/t10-,11+. The Morgan fingerprint density at radius 1 is 1.12 bits per heavy atom. The fourth-order valence-electron chi connectivity index (χ4n) is 2.18. The van der Waals surface area contributed by atoms with Crippen LogP contribution in [-0.4, -0.2) is 38.0 Å². The first kappa shape index (κ1) is 12.5. The van der Waals surface area contributed by atoms with Crippen LogP contribution in [0.15, 0.2) is 35.2 Å². The number of nitrogens with zero attached hydrogens (tertiary/aromatic N) is 1. The molecule has 1 saturated heterocycles. The zero-order chi connectivity index (χ0) is 12.5. The summed E-state index contributed by atoms with van der Waals surface area (Å²) in [5.41, 5.74) is 0. The highest BCUT2D eigenvalue weighted by Gasteiger charge is 2.36. The maximum atomic E-state index is 12.5. The topological polar surface area (TPSA) is 46.6 Å². The van der Waals surface area contributed by atoms with Crippen LogP contribution < -0.4 is 0 Å². The lowest BCUT2D eigenvalue weighted by Crippen LogP contribution is -2.52. The molecule has 94 valence electrons. The van der Waals surface area contributed by atoms with Crippen molar-refractivity contribution in [2.45, 2.75) is 30.8 Å². The maximum absolute atomic E-state index is 12.5. The van der Waals surface area contributed by atoms with E-state index >= 15 is 0 Å². The van der Waals surface area contributed by atoms with Crippen LogP contribution >= 0.6 is 0 Å². The van der Waals surface area contributed by atoms with Gasteiger partial charge in [-0.05, 0) is 26.0 Å². The van der Waals surface area contributed by atoms with Gasteiger partial charge in [-0.3, -0.25) is 0 Å². The Morgan fingerprint density at radius 2 is 1.65 bits per heavy atom. The molecule has 1 heterocycles. The molecular weight excluding hydrogens is 238 g/mol. The molecule has 4 nitrogen and oxygen atoms in total. The summed E-state index contributed by atoms with van der Waals surface area (Å²) in [6.07, 6.45) is 0. The Bertz CT molecular complexity index is 462. The van der Waals surface area contributed by atoms with Crippen molar-refractivity contribution in [3.8, 4) is 0 Å². The lowest BCUT2D eigenvalue weighted by molar-refractivity contribution is 0.00636. The van der Waals surface area contributed by atoms with Gasteiger partial charge < -0.3 is 4.74 Å². The molecule has 1 aromatic rings. The minimum Gasteiger partial charge on any atom is -0.378 e. The van der Waals surface area contributed by atoms with E-state index in [1.807, 2.05) is 19.9 Å². The molecule has 0 bridgehead atoms. The van der Waals surface area contributed by atoms with Gasteiger partial charge in [0, 0.05) is 12.1 Å². The summed E-state index contributed by atoms with van der Waals surface area (Å²) in [7, 11) is -3.41. The zero-order valence-corrected chi connectivity index (χ0v) is 10.9. The molecule has 1 aliphatic rings. The van der Waals surface area contributed by atoms with E-state index in [1.165, 1.54) is 0 Å². The second-order valence-electron chi connectivity index (χ2n) is 4.38. The summed E-state index contributed by atoms with van der Waals surface area (Å²) in [6, 6.07) is 8.30. The number of sulfonamides is 1. The lowest BCUT2D eigenvalue weighted by Gasteiger charge is -2.37. The van der Waals surface area contributed by atoms with Crippen molar-refractivity contribution < 1.29 is 13.2 Å². The average Bonchev–Trinajstić information content (AvgIpc) is 2.29. The molecule has 2 atom stereocenters. The SMILES string of the molecule is C[C@@H]1COC[C@H](C)N1S(=O)(=O)c1ccccc1. The van der Waals surface area contributed by atoms with Crippen LogP contribution in [0.4, 0.5) is 0 Å². The monoisotopic (exact) mass is 255 g/mol. The van der Waals surface area contributed by atoms with Crippen LogP contribution in [0.25, 0.3) is 0 Å². The Balaban J connectivity index is 2.38.